The van der Waals surface area contributed by atoms with Crippen molar-refractivity contribution < 1.29 is 0 Å². The average molecular weight is 214 g/mol. The van der Waals surface area contributed by atoms with Crippen LogP contribution in [0.2, 0.25) is 0 Å². The maximum atomic E-state index is 4.45. The number of aromatic nitrogens is 1. The van der Waals surface area contributed by atoms with Crippen molar-refractivity contribution in [3.63, 3.8) is 0 Å². The van der Waals surface area contributed by atoms with Gasteiger partial charge in [0.15, 0.2) is 0 Å². The smallest absolute Gasteiger partial charge is 0.129 e. The van der Waals surface area contributed by atoms with Crippen LogP contribution in [0.5, 0.6) is 0 Å². The van der Waals surface area contributed by atoms with E-state index in [1.54, 1.807) is 0 Å². The molecular weight excluding hydrogens is 196 g/mol. The Balaban J connectivity index is 1.53. The molecule has 4 atom stereocenters. The molecule has 1 heterocycles. The Morgan fingerprint density at radius 1 is 1.25 bits per heavy atom. The van der Waals surface area contributed by atoms with Crippen LogP contribution in [0.25, 0.3) is 0 Å². The fraction of sp³-hybridized carbons (Fsp3) is 0.643. The van der Waals surface area contributed by atoms with E-state index in [-0.39, 0.29) is 0 Å². The Bertz CT molecular complexity index is 412. The zero-order valence-electron chi connectivity index (χ0n) is 9.69. The van der Waals surface area contributed by atoms with Crippen LogP contribution >= 0.6 is 0 Å². The second-order valence-electron chi connectivity index (χ2n) is 5.83. The third-order valence-electron chi connectivity index (χ3n) is 5.05. The molecule has 3 aliphatic carbocycles. The standard InChI is InChI=1S/C14H18N2/c1-8-3-2-6-15-14(8)16-13-11-9-4-5-10(7-9)12(11)13/h2-3,6,9-13H,4-5,7H2,1H3,(H,15,16). The van der Waals surface area contributed by atoms with Crippen molar-refractivity contribution in [1.82, 2.24) is 4.98 Å². The van der Waals surface area contributed by atoms with Gasteiger partial charge in [0.25, 0.3) is 0 Å². The van der Waals surface area contributed by atoms with Gasteiger partial charge in [-0.25, -0.2) is 4.98 Å². The van der Waals surface area contributed by atoms with Gasteiger partial charge in [-0.2, -0.15) is 0 Å². The van der Waals surface area contributed by atoms with Crippen molar-refractivity contribution in [1.29, 1.82) is 0 Å². The first-order chi connectivity index (χ1) is 7.84. The highest BCUT2D eigenvalue weighted by molar-refractivity contribution is 5.46. The lowest BCUT2D eigenvalue weighted by Gasteiger charge is -2.12. The summed E-state index contributed by atoms with van der Waals surface area (Å²) >= 11 is 0. The lowest BCUT2D eigenvalue weighted by Crippen LogP contribution is -2.14. The summed E-state index contributed by atoms with van der Waals surface area (Å²) in [6, 6.07) is 4.90. The molecule has 2 nitrogen and oxygen atoms in total. The Kier molecular flexibility index (Phi) is 1.69. The van der Waals surface area contributed by atoms with Gasteiger partial charge in [0.2, 0.25) is 0 Å². The number of aryl methyl sites for hydroxylation is 1. The zero-order chi connectivity index (χ0) is 10.7. The van der Waals surface area contributed by atoms with E-state index in [2.05, 4.69) is 23.3 Å². The van der Waals surface area contributed by atoms with Crippen LogP contribution in [0.15, 0.2) is 18.3 Å². The van der Waals surface area contributed by atoms with E-state index in [4.69, 9.17) is 0 Å². The summed E-state index contributed by atoms with van der Waals surface area (Å²) in [7, 11) is 0. The molecule has 2 heteroatoms. The maximum absolute atomic E-state index is 4.45. The molecule has 4 rings (SSSR count). The first kappa shape index (κ1) is 9.03. The van der Waals surface area contributed by atoms with E-state index in [1.165, 1.54) is 24.8 Å². The quantitative estimate of drug-likeness (QED) is 0.819. The topological polar surface area (TPSA) is 24.9 Å². The van der Waals surface area contributed by atoms with Gasteiger partial charge in [0.1, 0.15) is 5.82 Å². The van der Waals surface area contributed by atoms with E-state index in [9.17, 15) is 0 Å². The number of fused-ring (bicyclic) bond motifs is 5. The Hall–Kier alpha value is -1.05. The fourth-order valence-corrected chi connectivity index (χ4v) is 4.31. The molecule has 3 saturated carbocycles. The van der Waals surface area contributed by atoms with Gasteiger partial charge in [-0.1, -0.05) is 6.07 Å². The number of nitrogens with zero attached hydrogens (tertiary/aromatic N) is 1. The summed E-state index contributed by atoms with van der Waals surface area (Å²) in [4.78, 5) is 4.45. The van der Waals surface area contributed by atoms with Gasteiger partial charge in [0, 0.05) is 12.2 Å². The van der Waals surface area contributed by atoms with E-state index >= 15 is 0 Å². The monoisotopic (exact) mass is 214 g/mol. The minimum Gasteiger partial charge on any atom is -0.367 e. The molecule has 0 amide bonds. The Morgan fingerprint density at radius 3 is 2.69 bits per heavy atom. The third-order valence-corrected chi connectivity index (χ3v) is 5.05. The largest absolute Gasteiger partial charge is 0.367 e. The number of rotatable bonds is 2. The van der Waals surface area contributed by atoms with Crippen LogP contribution in [0.3, 0.4) is 0 Å². The minimum atomic E-state index is 0.750. The predicted molar refractivity (Wildman–Crippen MR) is 64.2 cm³/mol. The van der Waals surface area contributed by atoms with Crippen molar-refractivity contribution in [2.24, 2.45) is 23.7 Å². The van der Waals surface area contributed by atoms with Crippen LogP contribution in [0.4, 0.5) is 5.82 Å². The van der Waals surface area contributed by atoms with E-state index in [0.29, 0.717) is 0 Å². The summed E-state index contributed by atoms with van der Waals surface area (Å²) in [5.41, 5.74) is 1.28. The van der Waals surface area contributed by atoms with Crippen LogP contribution < -0.4 is 5.32 Å². The number of hydrogen-bond donors (Lipinski definition) is 1. The first-order valence-corrected chi connectivity index (χ1v) is 6.53. The van der Waals surface area contributed by atoms with Crippen molar-refractivity contribution in [2.75, 3.05) is 5.32 Å². The Labute approximate surface area is 96.5 Å². The lowest BCUT2D eigenvalue weighted by atomic mass is 10.0. The van der Waals surface area contributed by atoms with E-state index in [0.717, 1.165) is 35.5 Å². The van der Waals surface area contributed by atoms with Gasteiger partial charge in [-0.3, -0.25) is 0 Å². The fourth-order valence-electron chi connectivity index (χ4n) is 4.31. The summed E-state index contributed by atoms with van der Waals surface area (Å²) in [5, 5.41) is 3.68. The number of anilines is 1. The first-order valence-electron chi connectivity index (χ1n) is 6.53. The number of nitrogens with one attached hydrogen (secondary N) is 1. The van der Waals surface area contributed by atoms with E-state index < -0.39 is 0 Å². The normalized spacial score (nSPS) is 43.2. The van der Waals surface area contributed by atoms with Crippen molar-refractivity contribution in [3.8, 4) is 0 Å². The summed E-state index contributed by atoms with van der Waals surface area (Å²) in [6.07, 6.45) is 6.40. The van der Waals surface area contributed by atoms with Crippen molar-refractivity contribution >= 4 is 5.82 Å². The molecule has 0 aromatic carbocycles. The molecule has 3 aliphatic rings. The summed E-state index contributed by atoms with van der Waals surface area (Å²) in [6.45, 7) is 2.14. The molecule has 1 aromatic rings. The molecule has 4 unspecified atom stereocenters. The minimum absolute atomic E-state index is 0.750. The van der Waals surface area contributed by atoms with Crippen LogP contribution in [0, 0.1) is 30.6 Å². The lowest BCUT2D eigenvalue weighted by molar-refractivity contribution is 0.456. The molecule has 84 valence electrons. The maximum Gasteiger partial charge on any atom is 0.129 e. The Morgan fingerprint density at radius 2 is 2.00 bits per heavy atom. The third kappa shape index (κ3) is 1.10. The van der Waals surface area contributed by atoms with Gasteiger partial charge in [0.05, 0.1) is 0 Å². The van der Waals surface area contributed by atoms with Crippen LogP contribution in [-0.4, -0.2) is 11.0 Å². The average Bonchev–Trinajstić information content (AvgIpc) is 2.71. The molecule has 0 spiro atoms. The molecule has 0 radical (unpaired) electrons. The molecular formula is C14H18N2. The molecule has 0 aliphatic heterocycles. The number of pyridine rings is 1. The highest BCUT2D eigenvalue weighted by atomic mass is 15.1. The SMILES string of the molecule is Cc1cccnc1NC1C2C3CCC(C3)C12. The zero-order valence-corrected chi connectivity index (χ0v) is 9.69. The van der Waals surface area contributed by atoms with Gasteiger partial charge >= 0.3 is 0 Å². The molecule has 0 saturated heterocycles. The van der Waals surface area contributed by atoms with Gasteiger partial charge < -0.3 is 5.32 Å². The van der Waals surface area contributed by atoms with Crippen LogP contribution in [-0.2, 0) is 0 Å². The molecule has 16 heavy (non-hydrogen) atoms. The van der Waals surface area contributed by atoms with Crippen LogP contribution in [0.1, 0.15) is 24.8 Å². The summed E-state index contributed by atoms with van der Waals surface area (Å²) in [5.74, 6) is 5.16. The predicted octanol–water partition coefficient (Wildman–Crippen LogP) is 2.85. The van der Waals surface area contributed by atoms with Crippen molar-refractivity contribution in [2.45, 2.75) is 32.2 Å². The highest BCUT2D eigenvalue weighted by Gasteiger charge is 2.65. The molecule has 1 N–H and O–H groups in total. The highest BCUT2D eigenvalue weighted by Crippen LogP contribution is 2.66. The second-order valence-corrected chi connectivity index (χ2v) is 5.83. The van der Waals surface area contributed by atoms with Crippen molar-refractivity contribution in [3.05, 3.63) is 23.9 Å². The van der Waals surface area contributed by atoms with Gasteiger partial charge in [-0.15, -0.1) is 0 Å². The molecule has 2 bridgehead atoms. The molecule has 3 fully saturated rings. The summed E-state index contributed by atoms with van der Waals surface area (Å²) < 4.78 is 0. The second kappa shape index (κ2) is 2.99. The van der Waals surface area contributed by atoms with E-state index in [1.807, 2.05) is 12.3 Å². The number of hydrogen-bond acceptors (Lipinski definition) is 2. The molecule has 1 aromatic heterocycles. The van der Waals surface area contributed by atoms with Gasteiger partial charge in [-0.05, 0) is 61.5 Å².